The quantitative estimate of drug-likeness (QED) is 0.723. The van der Waals surface area contributed by atoms with Gasteiger partial charge in [0.15, 0.2) is 0 Å². The normalized spacial score (nSPS) is 14.4. The van der Waals surface area contributed by atoms with E-state index < -0.39 is 0 Å². The predicted molar refractivity (Wildman–Crippen MR) is 105 cm³/mol. The Balaban J connectivity index is 1.95. The Morgan fingerprint density at radius 2 is 2.15 bits per heavy atom. The second-order valence-corrected chi connectivity index (χ2v) is 7.52. The average molecular weight is 385 g/mol. The van der Waals surface area contributed by atoms with Gasteiger partial charge in [0.25, 0.3) is 0 Å². The molecule has 1 aromatic carbocycles. The lowest BCUT2D eigenvalue weighted by molar-refractivity contribution is 0.123. The van der Waals surface area contributed by atoms with Crippen molar-refractivity contribution >= 4 is 27.9 Å². The Labute approximate surface area is 160 Å². The number of hydrogen-bond acceptors (Lipinski definition) is 5. The van der Waals surface area contributed by atoms with Crippen LogP contribution in [0.2, 0.25) is 5.02 Å². The molecule has 0 atom stereocenters. The fourth-order valence-corrected chi connectivity index (χ4v) is 4.75. The van der Waals surface area contributed by atoms with Gasteiger partial charge in [0.2, 0.25) is 0 Å². The van der Waals surface area contributed by atoms with Gasteiger partial charge >= 0.3 is 0 Å². The summed E-state index contributed by atoms with van der Waals surface area (Å²) in [5.41, 5.74) is 3.43. The number of morpholine rings is 1. The molecule has 1 N–H and O–H groups in total. The zero-order valence-electron chi connectivity index (χ0n) is 14.3. The average Bonchev–Trinajstić information content (AvgIpc) is 3.30. The van der Waals surface area contributed by atoms with Gasteiger partial charge in [-0.1, -0.05) is 23.7 Å². The number of nitriles is 1. The van der Waals surface area contributed by atoms with Crippen LogP contribution in [0.25, 0.3) is 21.8 Å². The minimum Gasteiger partial charge on any atom is -0.378 e. The highest BCUT2D eigenvalue weighted by Crippen LogP contribution is 2.48. The van der Waals surface area contributed by atoms with Crippen LogP contribution in [0.15, 0.2) is 30.6 Å². The number of nitrogens with zero attached hydrogens (tertiary/aromatic N) is 3. The molecule has 1 aliphatic rings. The highest BCUT2D eigenvalue weighted by molar-refractivity contribution is 7.20. The van der Waals surface area contributed by atoms with Crippen LogP contribution in [0.5, 0.6) is 0 Å². The van der Waals surface area contributed by atoms with Gasteiger partial charge in [0.1, 0.15) is 16.9 Å². The first kappa shape index (κ1) is 17.1. The Morgan fingerprint density at radius 1 is 1.35 bits per heavy atom. The van der Waals surface area contributed by atoms with Crippen LogP contribution in [-0.2, 0) is 4.74 Å². The summed E-state index contributed by atoms with van der Waals surface area (Å²) >= 11 is 8.13. The zero-order chi connectivity index (χ0) is 18.1. The molecule has 0 spiro atoms. The molecule has 26 heavy (non-hydrogen) atoms. The SMILES string of the molecule is Cc1ccc(-c2c(-c3ncc[nH]3)sc(N3CCOCC3)c2C#N)c(Cl)c1. The van der Waals surface area contributed by atoms with E-state index >= 15 is 0 Å². The molecule has 2 aromatic heterocycles. The van der Waals surface area contributed by atoms with Gasteiger partial charge in [-0.15, -0.1) is 11.3 Å². The Kier molecular flexibility index (Phi) is 4.68. The van der Waals surface area contributed by atoms with Crippen molar-refractivity contribution in [3.63, 3.8) is 0 Å². The highest BCUT2D eigenvalue weighted by atomic mass is 35.5. The molecule has 1 fully saturated rings. The number of rotatable bonds is 3. The Bertz CT molecular complexity index is 968. The van der Waals surface area contributed by atoms with E-state index in [2.05, 4.69) is 20.9 Å². The topological polar surface area (TPSA) is 64.9 Å². The zero-order valence-corrected chi connectivity index (χ0v) is 15.8. The lowest BCUT2D eigenvalue weighted by Gasteiger charge is -2.27. The van der Waals surface area contributed by atoms with Crippen LogP contribution < -0.4 is 4.90 Å². The number of imidazole rings is 1. The molecule has 0 bridgehead atoms. The first-order valence-electron chi connectivity index (χ1n) is 8.35. The monoisotopic (exact) mass is 384 g/mol. The molecule has 3 aromatic rings. The molecule has 5 nitrogen and oxygen atoms in total. The molecule has 0 aliphatic carbocycles. The molecular weight excluding hydrogens is 368 g/mol. The number of halogens is 1. The standard InChI is InChI=1S/C19H17ClN4OS/c1-12-2-3-13(15(20)10-12)16-14(11-21)19(24-6-8-25-9-7-24)26-17(16)18-22-4-5-23-18/h2-5,10H,6-9H2,1H3,(H,22,23). The molecule has 0 amide bonds. The third-order valence-electron chi connectivity index (χ3n) is 4.41. The van der Waals surface area contributed by atoms with Crippen LogP contribution in [0.4, 0.5) is 5.00 Å². The first-order valence-corrected chi connectivity index (χ1v) is 9.54. The van der Waals surface area contributed by atoms with E-state index in [1.54, 1.807) is 23.7 Å². The number of hydrogen-bond donors (Lipinski definition) is 1. The Morgan fingerprint density at radius 3 is 2.81 bits per heavy atom. The van der Waals surface area contributed by atoms with Crippen LogP contribution in [-0.4, -0.2) is 36.3 Å². The number of H-pyrrole nitrogens is 1. The third-order valence-corrected chi connectivity index (χ3v) is 5.98. The van der Waals surface area contributed by atoms with E-state index in [4.69, 9.17) is 16.3 Å². The van der Waals surface area contributed by atoms with Gasteiger partial charge in [0, 0.05) is 41.6 Å². The summed E-state index contributed by atoms with van der Waals surface area (Å²) in [6.07, 6.45) is 3.51. The van der Waals surface area contributed by atoms with Gasteiger partial charge in [0.05, 0.1) is 23.7 Å². The smallest absolute Gasteiger partial charge is 0.148 e. The fraction of sp³-hybridized carbons (Fsp3) is 0.263. The first-order chi connectivity index (χ1) is 12.7. The number of aromatic nitrogens is 2. The number of aromatic amines is 1. The number of thiophene rings is 1. The van der Waals surface area contributed by atoms with Crippen molar-refractivity contribution in [3.8, 4) is 27.9 Å². The maximum atomic E-state index is 9.97. The van der Waals surface area contributed by atoms with Gasteiger partial charge < -0.3 is 14.6 Å². The molecule has 1 aliphatic heterocycles. The van der Waals surface area contributed by atoms with Crippen molar-refractivity contribution in [2.24, 2.45) is 0 Å². The van der Waals surface area contributed by atoms with Crippen LogP contribution in [0, 0.1) is 18.3 Å². The summed E-state index contributed by atoms with van der Waals surface area (Å²) in [4.78, 5) is 10.7. The number of nitrogens with one attached hydrogen (secondary N) is 1. The largest absolute Gasteiger partial charge is 0.378 e. The Hall–Kier alpha value is -2.33. The van der Waals surface area contributed by atoms with Crippen molar-refractivity contribution in [3.05, 3.63) is 46.7 Å². The molecular formula is C19H17ClN4OS. The summed E-state index contributed by atoms with van der Waals surface area (Å²) in [6, 6.07) is 8.33. The third kappa shape index (κ3) is 2.99. The van der Waals surface area contributed by atoms with E-state index in [-0.39, 0.29) is 0 Å². The summed E-state index contributed by atoms with van der Waals surface area (Å²) in [5.74, 6) is 0.748. The van der Waals surface area contributed by atoms with E-state index in [1.165, 1.54) is 0 Å². The lowest BCUT2D eigenvalue weighted by atomic mass is 10.00. The molecule has 1 saturated heterocycles. The van der Waals surface area contributed by atoms with Gasteiger partial charge in [-0.3, -0.25) is 0 Å². The van der Waals surface area contributed by atoms with Gasteiger partial charge in [-0.05, 0) is 18.6 Å². The number of anilines is 1. The van der Waals surface area contributed by atoms with Crippen LogP contribution in [0.3, 0.4) is 0 Å². The van der Waals surface area contributed by atoms with Crippen LogP contribution >= 0.6 is 22.9 Å². The summed E-state index contributed by atoms with van der Waals surface area (Å²) in [7, 11) is 0. The molecule has 7 heteroatoms. The van der Waals surface area contributed by atoms with E-state index in [0.717, 1.165) is 45.5 Å². The molecule has 0 radical (unpaired) electrons. The second-order valence-electron chi connectivity index (χ2n) is 6.12. The summed E-state index contributed by atoms with van der Waals surface area (Å²) < 4.78 is 5.46. The maximum Gasteiger partial charge on any atom is 0.148 e. The number of benzene rings is 1. The van der Waals surface area contributed by atoms with E-state index in [1.807, 2.05) is 25.1 Å². The molecule has 4 rings (SSSR count). The van der Waals surface area contributed by atoms with Gasteiger partial charge in [-0.2, -0.15) is 5.26 Å². The maximum absolute atomic E-state index is 9.97. The van der Waals surface area contributed by atoms with Crippen molar-refractivity contribution in [2.75, 3.05) is 31.2 Å². The van der Waals surface area contributed by atoms with Crippen LogP contribution in [0.1, 0.15) is 11.1 Å². The molecule has 132 valence electrons. The highest BCUT2D eigenvalue weighted by Gasteiger charge is 2.27. The summed E-state index contributed by atoms with van der Waals surface area (Å²) in [5, 5.41) is 11.6. The van der Waals surface area contributed by atoms with Gasteiger partial charge in [-0.25, -0.2) is 4.98 Å². The fourth-order valence-electron chi connectivity index (χ4n) is 3.15. The van der Waals surface area contributed by atoms with Crippen molar-refractivity contribution in [2.45, 2.75) is 6.92 Å². The van der Waals surface area contributed by atoms with E-state index in [9.17, 15) is 5.26 Å². The van der Waals surface area contributed by atoms with Crippen molar-refractivity contribution in [1.29, 1.82) is 5.26 Å². The van der Waals surface area contributed by atoms with E-state index in [0.29, 0.717) is 23.8 Å². The molecule has 3 heterocycles. The number of ether oxygens (including phenoxy) is 1. The minimum atomic E-state index is 0.639. The molecule has 0 saturated carbocycles. The van der Waals surface area contributed by atoms with Crippen molar-refractivity contribution < 1.29 is 4.74 Å². The van der Waals surface area contributed by atoms with Crippen molar-refractivity contribution in [1.82, 2.24) is 9.97 Å². The predicted octanol–water partition coefficient (Wildman–Crippen LogP) is 4.48. The second kappa shape index (κ2) is 7.12. The lowest BCUT2D eigenvalue weighted by Crippen LogP contribution is -2.36. The minimum absolute atomic E-state index is 0.639. The summed E-state index contributed by atoms with van der Waals surface area (Å²) in [6.45, 7) is 4.88. The number of aryl methyl sites for hydroxylation is 1. The molecule has 0 unspecified atom stereocenters.